The lowest BCUT2D eigenvalue weighted by molar-refractivity contribution is 0.471. The van der Waals surface area contributed by atoms with Gasteiger partial charge in [0.1, 0.15) is 0 Å². The maximum atomic E-state index is 13.7. The van der Waals surface area contributed by atoms with Crippen molar-refractivity contribution in [3.63, 3.8) is 0 Å². The van der Waals surface area contributed by atoms with E-state index in [1.165, 1.54) is 22.5 Å². The Bertz CT molecular complexity index is 1480. The predicted octanol–water partition coefficient (Wildman–Crippen LogP) is 3.40. The van der Waals surface area contributed by atoms with Gasteiger partial charge in [0.25, 0.3) is 0 Å². The Morgan fingerprint density at radius 2 is 1.64 bits per heavy atom. The topological polar surface area (TPSA) is 98.1 Å². The Morgan fingerprint density at radius 3 is 2.39 bits per heavy atom. The van der Waals surface area contributed by atoms with Crippen LogP contribution in [-0.4, -0.2) is 41.8 Å². The molecule has 1 saturated heterocycles. The van der Waals surface area contributed by atoms with Crippen LogP contribution in [0.15, 0.2) is 76.4 Å². The molecule has 5 rings (SSSR count). The summed E-state index contributed by atoms with van der Waals surface area (Å²) in [5, 5.41) is 3.18. The highest BCUT2D eigenvalue weighted by atomic mass is 32.2. The van der Waals surface area contributed by atoms with E-state index in [2.05, 4.69) is 15.3 Å². The van der Waals surface area contributed by atoms with Gasteiger partial charge in [0.2, 0.25) is 10.0 Å². The Kier molecular flexibility index (Phi) is 5.26. The average Bonchev–Trinajstić information content (AvgIpc) is 3.39. The summed E-state index contributed by atoms with van der Waals surface area (Å²) in [5.41, 5.74) is 1.79. The molecule has 33 heavy (non-hydrogen) atoms. The number of nitrogens with zero attached hydrogens (tertiary/aromatic N) is 1. The minimum atomic E-state index is -3.88. The van der Waals surface area contributed by atoms with Gasteiger partial charge in [-0.15, -0.1) is 0 Å². The standard InChI is InChI=1S/C23H20F2N4O3S/c24-18-8-6-15(10-19(18)25)26-22-13-29(12-17(22)14-4-2-1-3-5-14)33(31,32)16-7-9-20-21(11-16)28-23(30)27-20/h1-11,17,22,26H,12-13H2,(H2,27,28,30). The molecule has 3 aromatic carbocycles. The third-order valence-corrected chi connectivity index (χ3v) is 7.74. The van der Waals surface area contributed by atoms with Crippen molar-refractivity contribution in [3.8, 4) is 0 Å². The summed E-state index contributed by atoms with van der Waals surface area (Å²) < 4.78 is 55.4. The maximum Gasteiger partial charge on any atom is 0.323 e. The van der Waals surface area contributed by atoms with E-state index in [9.17, 15) is 22.0 Å². The van der Waals surface area contributed by atoms with Crippen molar-refractivity contribution >= 4 is 26.7 Å². The molecule has 2 unspecified atom stereocenters. The summed E-state index contributed by atoms with van der Waals surface area (Å²) in [7, 11) is -3.88. The van der Waals surface area contributed by atoms with Crippen LogP contribution >= 0.6 is 0 Å². The molecular weight excluding hydrogens is 450 g/mol. The van der Waals surface area contributed by atoms with Gasteiger partial charge in [-0.1, -0.05) is 30.3 Å². The van der Waals surface area contributed by atoms with Gasteiger partial charge in [0.15, 0.2) is 11.6 Å². The number of sulfonamides is 1. The van der Waals surface area contributed by atoms with Crippen molar-refractivity contribution in [1.29, 1.82) is 0 Å². The Morgan fingerprint density at radius 1 is 0.879 bits per heavy atom. The van der Waals surface area contributed by atoms with Crippen LogP contribution in [0, 0.1) is 11.6 Å². The number of aromatic nitrogens is 2. The first-order chi connectivity index (χ1) is 15.8. The van der Waals surface area contributed by atoms with Crippen LogP contribution in [0.25, 0.3) is 11.0 Å². The molecule has 0 spiro atoms. The summed E-state index contributed by atoms with van der Waals surface area (Å²) in [6, 6.07) is 17.0. The number of hydrogen-bond acceptors (Lipinski definition) is 4. The van der Waals surface area contributed by atoms with Gasteiger partial charge in [-0.3, -0.25) is 0 Å². The number of nitrogens with one attached hydrogen (secondary N) is 3. The molecule has 2 heterocycles. The molecule has 4 aromatic rings. The number of halogens is 2. The van der Waals surface area contributed by atoms with Gasteiger partial charge in [-0.25, -0.2) is 22.0 Å². The molecule has 2 atom stereocenters. The van der Waals surface area contributed by atoms with E-state index in [1.54, 1.807) is 6.07 Å². The highest BCUT2D eigenvalue weighted by Crippen LogP contribution is 2.34. The van der Waals surface area contributed by atoms with E-state index in [0.717, 1.165) is 17.7 Å². The molecule has 0 bridgehead atoms. The molecule has 1 aliphatic heterocycles. The molecule has 170 valence electrons. The number of hydrogen-bond donors (Lipinski definition) is 3. The minimum Gasteiger partial charge on any atom is -0.380 e. The number of fused-ring (bicyclic) bond motifs is 1. The first kappa shape index (κ1) is 21.4. The Hall–Kier alpha value is -3.50. The fraction of sp³-hybridized carbons (Fsp3) is 0.174. The molecule has 7 nitrogen and oxygen atoms in total. The van der Waals surface area contributed by atoms with Gasteiger partial charge in [-0.05, 0) is 35.9 Å². The van der Waals surface area contributed by atoms with Crippen molar-refractivity contribution in [2.45, 2.75) is 16.9 Å². The summed E-state index contributed by atoms with van der Waals surface area (Å²) in [6.07, 6.45) is 0. The lowest BCUT2D eigenvalue weighted by atomic mass is 9.94. The van der Waals surface area contributed by atoms with E-state index in [0.29, 0.717) is 16.7 Å². The van der Waals surface area contributed by atoms with Gasteiger partial charge in [-0.2, -0.15) is 4.31 Å². The molecule has 1 aromatic heterocycles. The second-order valence-corrected chi connectivity index (χ2v) is 9.94. The van der Waals surface area contributed by atoms with Gasteiger partial charge >= 0.3 is 5.69 Å². The van der Waals surface area contributed by atoms with E-state index < -0.39 is 27.3 Å². The van der Waals surface area contributed by atoms with Gasteiger partial charge in [0.05, 0.1) is 15.9 Å². The average molecular weight is 471 g/mol. The predicted molar refractivity (Wildman–Crippen MR) is 121 cm³/mol. The molecule has 0 amide bonds. The number of anilines is 1. The smallest absolute Gasteiger partial charge is 0.323 e. The highest BCUT2D eigenvalue weighted by Gasteiger charge is 2.40. The van der Waals surface area contributed by atoms with Crippen molar-refractivity contribution in [1.82, 2.24) is 14.3 Å². The molecule has 0 radical (unpaired) electrons. The minimum absolute atomic E-state index is 0.0607. The number of rotatable bonds is 5. The zero-order chi connectivity index (χ0) is 23.2. The van der Waals surface area contributed by atoms with Crippen molar-refractivity contribution < 1.29 is 17.2 Å². The first-order valence-electron chi connectivity index (χ1n) is 10.3. The van der Waals surface area contributed by atoms with E-state index in [4.69, 9.17) is 0 Å². The van der Waals surface area contributed by atoms with Crippen molar-refractivity contribution in [2.75, 3.05) is 18.4 Å². The lowest BCUT2D eigenvalue weighted by Crippen LogP contribution is -2.32. The van der Waals surface area contributed by atoms with Crippen molar-refractivity contribution in [2.24, 2.45) is 0 Å². The van der Waals surface area contributed by atoms with Crippen LogP contribution in [0.5, 0.6) is 0 Å². The molecule has 1 aliphatic rings. The zero-order valence-electron chi connectivity index (χ0n) is 17.3. The monoisotopic (exact) mass is 470 g/mol. The summed E-state index contributed by atoms with van der Waals surface area (Å²) in [4.78, 5) is 16.8. The summed E-state index contributed by atoms with van der Waals surface area (Å²) in [6.45, 7) is 0.331. The van der Waals surface area contributed by atoms with Crippen LogP contribution in [0.2, 0.25) is 0 Å². The highest BCUT2D eigenvalue weighted by molar-refractivity contribution is 7.89. The molecule has 0 saturated carbocycles. The second kappa shape index (κ2) is 8.13. The SMILES string of the molecule is O=c1[nH]c2ccc(S(=O)(=O)N3CC(Nc4ccc(F)c(F)c4)C(c4ccccc4)C3)cc2[nH]1. The quantitative estimate of drug-likeness (QED) is 0.416. The maximum absolute atomic E-state index is 13.7. The van der Waals surface area contributed by atoms with Crippen LogP contribution in [0.3, 0.4) is 0 Å². The lowest BCUT2D eigenvalue weighted by Gasteiger charge is -2.21. The normalized spacial score (nSPS) is 19.2. The van der Waals surface area contributed by atoms with Crippen LogP contribution in [0.1, 0.15) is 11.5 Å². The number of H-pyrrole nitrogens is 2. The number of imidazole rings is 1. The fourth-order valence-electron chi connectivity index (χ4n) is 4.27. The summed E-state index contributed by atoms with van der Waals surface area (Å²) in [5.74, 6) is -2.15. The fourth-order valence-corrected chi connectivity index (χ4v) is 5.79. The van der Waals surface area contributed by atoms with E-state index >= 15 is 0 Å². The number of aromatic amines is 2. The van der Waals surface area contributed by atoms with Crippen molar-refractivity contribution in [3.05, 3.63) is 94.4 Å². The molecule has 3 N–H and O–H groups in total. The van der Waals surface area contributed by atoms with E-state index in [1.807, 2.05) is 30.3 Å². The first-order valence-corrected chi connectivity index (χ1v) is 11.7. The Labute approximate surface area is 188 Å². The second-order valence-electron chi connectivity index (χ2n) is 8.01. The Balaban J connectivity index is 1.48. The zero-order valence-corrected chi connectivity index (χ0v) is 18.1. The largest absolute Gasteiger partial charge is 0.380 e. The van der Waals surface area contributed by atoms with Crippen LogP contribution in [0.4, 0.5) is 14.5 Å². The van der Waals surface area contributed by atoms with Gasteiger partial charge in [0, 0.05) is 36.8 Å². The summed E-state index contributed by atoms with van der Waals surface area (Å²) >= 11 is 0. The third-order valence-electron chi connectivity index (χ3n) is 5.91. The number of benzene rings is 3. The van der Waals surface area contributed by atoms with Crippen LogP contribution < -0.4 is 11.0 Å². The molecule has 10 heteroatoms. The third kappa shape index (κ3) is 4.03. The molecule has 0 aliphatic carbocycles. The van der Waals surface area contributed by atoms with Crippen LogP contribution in [-0.2, 0) is 10.0 Å². The van der Waals surface area contributed by atoms with E-state index in [-0.39, 0.29) is 29.9 Å². The molecule has 1 fully saturated rings. The molecular formula is C23H20F2N4O3S. The van der Waals surface area contributed by atoms with Gasteiger partial charge < -0.3 is 15.3 Å².